The highest BCUT2D eigenvalue weighted by Gasteiger charge is 2.38. The molecule has 2 aliphatic heterocycles. The van der Waals surface area contributed by atoms with Crippen molar-refractivity contribution in [3.05, 3.63) is 46.9 Å². The topological polar surface area (TPSA) is 96.6 Å². The number of ether oxygens (including phenoxy) is 2. The molecule has 2 aromatic rings. The van der Waals surface area contributed by atoms with Crippen molar-refractivity contribution in [3.63, 3.8) is 0 Å². The molecule has 2 N–H and O–H groups in total. The van der Waals surface area contributed by atoms with Crippen molar-refractivity contribution < 1.29 is 19.1 Å². The van der Waals surface area contributed by atoms with Gasteiger partial charge < -0.3 is 19.8 Å². The van der Waals surface area contributed by atoms with Gasteiger partial charge in [0.15, 0.2) is 11.5 Å². The maximum atomic E-state index is 12.9. The fraction of sp³-hybridized carbons (Fsp3) is 0.263. The summed E-state index contributed by atoms with van der Waals surface area (Å²) in [6.45, 7) is 2.29. The summed E-state index contributed by atoms with van der Waals surface area (Å²) in [5.41, 5.74) is 1.72. The van der Waals surface area contributed by atoms with Gasteiger partial charge in [-0.25, -0.2) is 4.98 Å². The van der Waals surface area contributed by atoms with Crippen LogP contribution in [0, 0.1) is 0 Å². The summed E-state index contributed by atoms with van der Waals surface area (Å²) in [5, 5.41) is 2.83. The first kappa shape index (κ1) is 19.5. The minimum Gasteiger partial charge on any atom is -0.454 e. The number of hydrogen-bond acceptors (Lipinski definition) is 7. The second kappa shape index (κ2) is 8.26. The van der Waals surface area contributed by atoms with Crippen LogP contribution < -0.4 is 14.8 Å². The molecular formula is C19H18N4O4S2. The molecule has 3 heterocycles. The predicted octanol–water partition coefficient (Wildman–Crippen LogP) is 2.09. The molecule has 1 saturated heterocycles. The zero-order chi connectivity index (χ0) is 20.4. The van der Waals surface area contributed by atoms with Gasteiger partial charge in [0.25, 0.3) is 5.91 Å². The van der Waals surface area contributed by atoms with Crippen LogP contribution in [0.15, 0.2) is 35.6 Å². The van der Waals surface area contributed by atoms with Crippen molar-refractivity contribution in [1.82, 2.24) is 20.2 Å². The first-order valence-corrected chi connectivity index (χ1v) is 10.2. The standard InChI is InChI=1S/C19H18N4O4S2/c1-11(17(24)21-5-4-13-8-20-9-22-13)23-18(25)16(29-19(23)28)7-12-2-3-14-15(6-12)27-10-26-14/h2-3,6-9,11H,4-5,10H2,1H3,(H,20,22)(H,21,24)/b16-7-/t11-/m1/s1. The van der Waals surface area contributed by atoms with Crippen molar-refractivity contribution in [2.45, 2.75) is 19.4 Å². The second-order valence-electron chi connectivity index (χ2n) is 6.46. The second-order valence-corrected chi connectivity index (χ2v) is 8.13. The number of imidazole rings is 1. The number of carbonyl (C=O) groups is 2. The van der Waals surface area contributed by atoms with Crippen LogP contribution in [0.1, 0.15) is 18.2 Å². The molecule has 150 valence electrons. The van der Waals surface area contributed by atoms with Crippen molar-refractivity contribution in [2.75, 3.05) is 13.3 Å². The van der Waals surface area contributed by atoms with Crippen LogP contribution in [0.2, 0.25) is 0 Å². The molecule has 1 atom stereocenters. The number of thioether (sulfide) groups is 1. The number of nitrogens with zero attached hydrogens (tertiary/aromatic N) is 2. The molecule has 0 spiro atoms. The number of aromatic nitrogens is 2. The SMILES string of the molecule is C[C@H](C(=O)NCCc1cnc[nH]1)N1C(=O)/C(=C/c2ccc3c(c2)OCO3)SC1=S. The highest BCUT2D eigenvalue weighted by Crippen LogP contribution is 2.37. The van der Waals surface area contributed by atoms with E-state index < -0.39 is 6.04 Å². The van der Waals surface area contributed by atoms with Gasteiger partial charge in [-0.2, -0.15) is 0 Å². The van der Waals surface area contributed by atoms with Gasteiger partial charge in [0.1, 0.15) is 10.4 Å². The van der Waals surface area contributed by atoms with Crippen LogP contribution in [0.5, 0.6) is 11.5 Å². The van der Waals surface area contributed by atoms with E-state index in [1.165, 1.54) is 16.7 Å². The van der Waals surface area contributed by atoms with Crippen LogP contribution in [0.3, 0.4) is 0 Å². The quantitative estimate of drug-likeness (QED) is 0.535. The Morgan fingerprint density at radius 3 is 3.07 bits per heavy atom. The lowest BCUT2D eigenvalue weighted by Gasteiger charge is -2.22. The van der Waals surface area contributed by atoms with Crippen LogP contribution in [0.4, 0.5) is 0 Å². The third kappa shape index (κ3) is 4.13. The van der Waals surface area contributed by atoms with Gasteiger partial charge in [-0.15, -0.1) is 0 Å². The van der Waals surface area contributed by atoms with E-state index in [9.17, 15) is 9.59 Å². The summed E-state index contributed by atoms with van der Waals surface area (Å²) in [6.07, 6.45) is 5.66. The maximum absolute atomic E-state index is 12.9. The number of aromatic amines is 1. The number of rotatable bonds is 6. The molecule has 29 heavy (non-hydrogen) atoms. The van der Waals surface area contributed by atoms with Crippen LogP contribution in [-0.2, 0) is 16.0 Å². The zero-order valence-corrected chi connectivity index (χ0v) is 17.1. The van der Waals surface area contributed by atoms with Crippen molar-refractivity contribution >= 4 is 46.2 Å². The van der Waals surface area contributed by atoms with E-state index in [1.807, 2.05) is 6.07 Å². The number of H-pyrrole nitrogens is 1. The molecule has 0 unspecified atom stereocenters. The summed E-state index contributed by atoms with van der Waals surface area (Å²) >= 11 is 6.53. The van der Waals surface area contributed by atoms with Gasteiger partial charge in [0.2, 0.25) is 12.7 Å². The lowest BCUT2D eigenvalue weighted by Crippen LogP contribution is -2.47. The first-order chi connectivity index (χ1) is 14.0. The number of amides is 2. The van der Waals surface area contributed by atoms with Gasteiger partial charge >= 0.3 is 0 Å². The number of hydrogen-bond donors (Lipinski definition) is 2. The molecule has 0 saturated carbocycles. The molecule has 0 aliphatic carbocycles. The Bertz CT molecular complexity index is 990. The summed E-state index contributed by atoms with van der Waals surface area (Å²) in [5.74, 6) is 0.772. The van der Waals surface area contributed by atoms with Crippen LogP contribution in [-0.4, -0.2) is 50.4 Å². The minimum absolute atomic E-state index is 0.188. The third-order valence-corrected chi connectivity index (χ3v) is 5.86. The largest absolute Gasteiger partial charge is 0.454 e. The average molecular weight is 431 g/mol. The molecule has 2 amide bonds. The monoisotopic (exact) mass is 430 g/mol. The zero-order valence-electron chi connectivity index (χ0n) is 15.5. The summed E-state index contributed by atoms with van der Waals surface area (Å²) in [6, 6.07) is 4.74. The molecule has 0 radical (unpaired) electrons. The van der Waals surface area contributed by atoms with Crippen LogP contribution >= 0.6 is 24.0 Å². The Balaban J connectivity index is 1.41. The molecule has 2 aliphatic rings. The smallest absolute Gasteiger partial charge is 0.266 e. The van der Waals surface area contributed by atoms with E-state index in [-0.39, 0.29) is 18.6 Å². The Kier molecular flexibility index (Phi) is 5.54. The normalized spacial score (nSPS) is 17.8. The Morgan fingerprint density at radius 1 is 1.45 bits per heavy atom. The van der Waals surface area contributed by atoms with E-state index in [4.69, 9.17) is 21.7 Å². The van der Waals surface area contributed by atoms with Crippen molar-refractivity contribution in [2.24, 2.45) is 0 Å². The van der Waals surface area contributed by atoms with E-state index in [0.717, 1.165) is 11.3 Å². The molecule has 8 nitrogen and oxygen atoms in total. The molecule has 0 bridgehead atoms. The predicted molar refractivity (Wildman–Crippen MR) is 112 cm³/mol. The summed E-state index contributed by atoms with van der Waals surface area (Å²) in [4.78, 5) is 34.1. The molecule has 10 heteroatoms. The van der Waals surface area contributed by atoms with Gasteiger partial charge in [0.05, 0.1) is 11.2 Å². The van der Waals surface area contributed by atoms with Gasteiger partial charge in [0, 0.05) is 24.9 Å². The number of benzene rings is 1. The van der Waals surface area contributed by atoms with Gasteiger partial charge in [-0.1, -0.05) is 30.0 Å². The third-order valence-electron chi connectivity index (χ3n) is 4.53. The van der Waals surface area contributed by atoms with Gasteiger partial charge in [-0.05, 0) is 30.7 Å². The van der Waals surface area contributed by atoms with Gasteiger partial charge in [-0.3, -0.25) is 14.5 Å². The van der Waals surface area contributed by atoms with Crippen LogP contribution in [0.25, 0.3) is 6.08 Å². The molecule has 4 rings (SSSR count). The van der Waals surface area contributed by atoms with E-state index >= 15 is 0 Å². The molecule has 1 aromatic carbocycles. The fourth-order valence-electron chi connectivity index (χ4n) is 2.97. The first-order valence-electron chi connectivity index (χ1n) is 8.94. The Labute approximate surface area is 176 Å². The molecular weight excluding hydrogens is 412 g/mol. The fourth-order valence-corrected chi connectivity index (χ4v) is 4.39. The summed E-state index contributed by atoms with van der Waals surface area (Å²) < 4.78 is 11.0. The highest BCUT2D eigenvalue weighted by molar-refractivity contribution is 8.26. The Hall–Kier alpha value is -2.85. The van der Waals surface area contributed by atoms with E-state index in [1.54, 1.807) is 37.7 Å². The summed E-state index contributed by atoms with van der Waals surface area (Å²) in [7, 11) is 0. The lowest BCUT2D eigenvalue weighted by molar-refractivity contribution is -0.132. The average Bonchev–Trinajstić information content (AvgIpc) is 3.43. The number of thiocarbonyl (C=S) groups is 1. The number of fused-ring (bicyclic) bond motifs is 1. The van der Waals surface area contributed by atoms with E-state index in [2.05, 4.69) is 15.3 Å². The highest BCUT2D eigenvalue weighted by atomic mass is 32.2. The van der Waals surface area contributed by atoms with E-state index in [0.29, 0.717) is 33.7 Å². The minimum atomic E-state index is -0.702. The Morgan fingerprint density at radius 2 is 2.28 bits per heavy atom. The lowest BCUT2D eigenvalue weighted by atomic mass is 10.2. The molecule has 1 aromatic heterocycles. The van der Waals surface area contributed by atoms with Crippen molar-refractivity contribution in [1.29, 1.82) is 0 Å². The number of nitrogens with one attached hydrogen (secondary N) is 2. The molecule has 1 fully saturated rings. The maximum Gasteiger partial charge on any atom is 0.266 e. The van der Waals surface area contributed by atoms with Crippen molar-refractivity contribution in [3.8, 4) is 11.5 Å². The number of carbonyl (C=O) groups excluding carboxylic acids is 2.